The van der Waals surface area contributed by atoms with Crippen LogP contribution in [-0.2, 0) is 11.2 Å². The number of carbonyl (C=O) groups excluding carboxylic acids is 2. The van der Waals surface area contributed by atoms with Crippen LogP contribution in [0, 0.1) is 5.92 Å². The number of ether oxygens (including phenoxy) is 1. The molecule has 0 unspecified atom stereocenters. The maximum absolute atomic E-state index is 12.0. The van der Waals surface area contributed by atoms with Gasteiger partial charge in [-0.2, -0.15) is 0 Å². The zero-order valence-electron chi connectivity index (χ0n) is 13.8. The first-order chi connectivity index (χ1) is 10.9. The molecule has 0 aliphatic rings. The Labute approximate surface area is 135 Å². The van der Waals surface area contributed by atoms with Crippen LogP contribution in [0.2, 0.25) is 0 Å². The lowest BCUT2D eigenvalue weighted by atomic mass is 10.1. The second-order valence-corrected chi connectivity index (χ2v) is 6.05. The quantitative estimate of drug-likeness (QED) is 0.605. The molecule has 2 aromatic rings. The highest BCUT2D eigenvalue weighted by atomic mass is 16.5. The Morgan fingerprint density at radius 1 is 1.30 bits per heavy atom. The van der Waals surface area contributed by atoms with E-state index in [1.54, 1.807) is 36.7 Å². The number of aldehydes is 1. The fourth-order valence-corrected chi connectivity index (χ4v) is 2.24. The van der Waals surface area contributed by atoms with Crippen molar-refractivity contribution in [1.82, 2.24) is 15.0 Å². The molecule has 0 radical (unpaired) electrons. The van der Waals surface area contributed by atoms with E-state index in [9.17, 15) is 9.59 Å². The fraction of sp³-hybridized carbons (Fsp3) is 0.412. The summed E-state index contributed by atoms with van der Waals surface area (Å²) in [7, 11) is 0. The van der Waals surface area contributed by atoms with Gasteiger partial charge in [0, 0.05) is 0 Å². The van der Waals surface area contributed by atoms with E-state index in [1.807, 2.05) is 6.07 Å². The predicted octanol–water partition coefficient (Wildman–Crippen LogP) is 2.84. The highest BCUT2D eigenvalue weighted by Gasteiger charge is 2.17. The highest BCUT2D eigenvalue weighted by Crippen LogP contribution is 2.17. The normalized spacial score (nSPS) is 11.0. The van der Waals surface area contributed by atoms with Gasteiger partial charge in [-0.15, -0.1) is 5.10 Å². The first kappa shape index (κ1) is 16.9. The zero-order valence-corrected chi connectivity index (χ0v) is 13.8. The standard InChI is InChI=1S/C17H21N3O3/c1-11(2)8-16-15(10-21)18-19-20(16)14-7-5-6-13(9-14)17(22)23-12(3)4/h5-7,9-12H,8H2,1-4H3. The second-order valence-electron chi connectivity index (χ2n) is 6.05. The minimum atomic E-state index is -0.386. The van der Waals surface area contributed by atoms with Gasteiger partial charge in [-0.25, -0.2) is 9.48 Å². The molecule has 23 heavy (non-hydrogen) atoms. The molecule has 0 saturated carbocycles. The van der Waals surface area contributed by atoms with Gasteiger partial charge in [-0.3, -0.25) is 4.79 Å². The van der Waals surface area contributed by atoms with Crippen molar-refractivity contribution in [1.29, 1.82) is 0 Å². The van der Waals surface area contributed by atoms with Crippen LogP contribution in [0.15, 0.2) is 24.3 Å². The molecule has 0 aliphatic carbocycles. The predicted molar refractivity (Wildman–Crippen MR) is 85.8 cm³/mol. The molecule has 0 amide bonds. The van der Waals surface area contributed by atoms with E-state index in [-0.39, 0.29) is 12.1 Å². The third-order valence-electron chi connectivity index (χ3n) is 3.18. The van der Waals surface area contributed by atoms with Crippen molar-refractivity contribution in [2.75, 3.05) is 0 Å². The van der Waals surface area contributed by atoms with Crippen molar-refractivity contribution in [3.05, 3.63) is 41.2 Å². The van der Waals surface area contributed by atoms with Gasteiger partial charge in [0.2, 0.25) is 0 Å². The molecule has 0 atom stereocenters. The molecule has 0 N–H and O–H groups in total. The summed E-state index contributed by atoms with van der Waals surface area (Å²) in [4.78, 5) is 23.2. The average Bonchev–Trinajstić information content (AvgIpc) is 2.88. The number of hydrogen-bond donors (Lipinski definition) is 0. The van der Waals surface area contributed by atoms with Crippen LogP contribution in [0.3, 0.4) is 0 Å². The monoisotopic (exact) mass is 315 g/mol. The molecule has 6 nitrogen and oxygen atoms in total. The van der Waals surface area contributed by atoms with Crippen molar-refractivity contribution in [2.45, 2.75) is 40.2 Å². The van der Waals surface area contributed by atoms with Gasteiger partial charge in [0.05, 0.1) is 23.0 Å². The van der Waals surface area contributed by atoms with E-state index >= 15 is 0 Å². The topological polar surface area (TPSA) is 74.1 Å². The largest absolute Gasteiger partial charge is 0.459 e. The lowest BCUT2D eigenvalue weighted by molar-refractivity contribution is 0.0377. The summed E-state index contributed by atoms with van der Waals surface area (Å²) < 4.78 is 6.81. The first-order valence-electron chi connectivity index (χ1n) is 7.63. The lowest BCUT2D eigenvalue weighted by Crippen LogP contribution is -2.12. The molecule has 1 heterocycles. The van der Waals surface area contributed by atoms with Crippen LogP contribution >= 0.6 is 0 Å². The van der Waals surface area contributed by atoms with Gasteiger partial charge in [0.1, 0.15) is 5.69 Å². The van der Waals surface area contributed by atoms with E-state index in [2.05, 4.69) is 24.2 Å². The van der Waals surface area contributed by atoms with E-state index in [4.69, 9.17) is 4.74 Å². The smallest absolute Gasteiger partial charge is 0.338 e. The molecular weight excluding hydrogens is 294 g/mol. The third-order valence-corrected chi connectivity index (χ3v) is 3.18. The van der Waals surface area contributed by atoms with Gasteiger partial charge >= 0.3 is 5.97 Å². The Morgan fingerprint density at radius 3 is 2.65 bits per heavy atom. The van der Waals surface area contributed by atoms with Gasteiger partial charge in [-0.1, -0.05) is 25.1 Å². The fourth-order valence-electron chi connectivity index (χ4n) is 2.24. The van der Waals surface area contributed by atoms with Gasteiger partial charge in [-0.05, 0) is 44.4 Å². The van der Waals surface area contributed by atoms with E-state index in [0.717, 1.165) is 5.69 Å². The molecule has 1 aromatic carbocycles. The third kappa shape index (κ3) is 4.03. The molecule has 6 heteroatoms. The Hall–Kier alpha value is -2.50. The zero-order chi connectivity index (χ0) is 17.0. The Balaban J connectivity index is 2.41. The summed E-state index contributed by atoms with van der Waals surface area (Å²) in [5.41, 5.74) is 2.19. The number of hydrogen-bond acceptors (Lipinski definition) is 5. The molecule has 0 spiro atoms. The van der Waals surface area contributed by atoms with Crippen molar-refractivity contribution in [3.63, 3.8) is 0 Å². The van der Waals surface area contributed by atoms with Gasteiger partial charge in [0.15, 0.2) is 6.29 Å². The summed E-state index contributed by atoms with van der Waals surface area (Å²) in [5, 5.41) is 7.97. The number of benzene rings is 1. The lowest BCUT2D eigenvalue weighted by Gasteiger charge is -2.11. The minimum Gasteiger partial charge on any atom is -0.459 e. The maximum Gasteiger partial charge on any atom is 0.338 e. The molecule has 122 valence electrons. The summed E-state index contributed by atoms with van der Waals surface area (Å²) >= 11 is 0. The maximum atomic E-state index is 12.0. The first-order valence-corrected chi connectivity index (χ1v) is 7.63. The molecule has 1 aromatic heterocycles. The van der Waals surface area contributed by atoms with Crippen molar-refractivity contribution < 1.29 is 14.3 Å². The molecule has 0 saturated heterocycles. The minimum absolute atomic E-state index is 0.185. The van der Waals surface area contributed by atoms with E-state index < -0.39 is 0 Å². The van der Waals surface area contributed by atoms with Crippen LogP contribution < -0.4 is 0 Å². The molecule has 0 aliphatic heterocycles. The summed E-state index contributed by atoms with van der Waals surface area (Å²) in [6.07, 6.45) is 1.19. The number of esters is 1. The van der Waals surface area contributed by atoms with Crippen molar-refractivity contribution >= 4 is 12.3 Å². The van der Waals surface area contributed by atoms with Crippen LogP contribution in [0.4, 0.5) is 0 Å². The second kappa shape index (κ2) is 7.17. The van der Waals surface area contributed by atoms with Crippen LogP contribution in [-0.4, -0.2) is 33.4 Å². The molecular formula is C17H21N3O3. The van der Waals surface area contributed by atoms with Gasteiger partial charge in [0.25, 0.3) is 0 Å². The summed E-state index contributed by atoms with van der Waals surface area (Å²) in [6.45, 7) is 7.72. The van der Waals surface area contributed by atoms with E-state index in [1.165, 1.54) is 0 Å². The number of carbonyl (C=O) groups is 2. The molecule has 2 rings (SSSR count). The number of rotatable bonds is 6. The number of aromatic nitrogens is 3. The summed E-state index contributed by atoms with van der Waals surface area (Å²) in [5.74, 6) is -0.0389. The molecule has 0 bridgehead atoms. The van der Waals surface area contributed by atoms with Crippen molar-refractivity contribution in [2.24, 2.45) is 5.92 Å². The highest BCUT2D eigenvalue weighted by molar-refractivity contribution is 5.90. The molecule has 0 fully saturated rings. The Bertz CT molecular complexity index is 705. The summed E-state index contributed by atoms with van der Waals surface area (Å²) in [6, 6.07) is 6.96. The van der Waals surface area contributed by atoms with Crippen LogP contribution in [0.25, 0.3) is 5.69 Å². The Morgan fingerprint density at radius 2 is 2.04 bits per heavy atom. The Kier molecular flexibility index (Phi) is 5.26. The average molecular weight is 315 g/mol. The SMILES string of the molecule is CC(C)Cc1c(C=O)nnn1-c1cccc(C(=O)OC(C)C)c1. The van der Waals surface area contributed by atoms with Crippen LogP contribution in [0.5, 0.6) is 0 Å². The van der Waals surface area contributed by atoms with Gasteiger partial charge < -0.3 is 4.74 Å². The van der Waals surface area contributed by atoms with Crippen molar-refractivity contribution in [3.8, 4) is 5.69 Å². The number of nitrogens with zero attached hydrogens (tertiary/aromatic N) is 3. The van der Waals surface area contributed by atoms with E-state index in [0.29, 0.717) is 35.6 Å². The van der Waals surface area contributed by atoms with Crippen LogP contribution in [0.1, 0.15) is 54.2 Å².